The van der Waals surface area contributed by atoms with E-state index in [0.29, 0.717) is 5.56 Å². The minimum absolute atomic E-state index is 0.0637. The average Bonchev–Trinajstić information content (AvgIpc) is 2.59. The maximum Gasteiger partial charge on any atom is 0.186 e. The number of pyridine rings is 2. The lowest BCUT2D eigenvalue weighted by Gasteiger charge is -2.05. The second-order valence-corrected chi connectivity index (χ2v) is 4.80. The number of nitrogens with zero attached hydrogens (tertiary/aromatic N) is 2. The van der Waals surface area contributed by atoms with E-state index in [4.69, 9.17) is 0 Å². The van der Waals surface area contributed by atoms with E-state index in [1.54, 1.807) is 30.6 Å². The third kappa shape index (κ3) is 2.86. The topological polar surface area (TPSA) is 54.9 Å². The molecule has 22 heavy (non-hydrogen) atoms. The van der Waals surface area contributed by atoms with Gasteiger partial charge in [-0.15, -0.1) is 0 Å². The standard InChI is InChI=1S/C18H15N3O/c1-19-16-4-2-3-14-5-6-15(21-18(14)16)7-8-17(22)13-9-11-20-12-10-13/h2-12,19H,1H3/b8-7+. The molecule has 4 heteroatoms. The zero-order valence-electron chi connectivity index (χ0n) is 12.2. The highest BCUT2D eigenvalue weighted by Crippen LogP contribution is 2.21. The number of hydrogen-bond acceptors (Lipinski definition) is 4. The largest absolute Gasteiger partial charge is 0.386 e. The van der Waals surface area contributed by atoms with Crippen molar-refractivity contribution in [1.82, 2.24) is 9.97 Å². The number of carbonyl (C=O) groups excluding carboxylic acids is 1. The van der Waals surface area contributed by atoms with Gasteiger partial charge >= 0.3 is 0 Å². The first-order valence-corrected chi connectivity index (χ1v) is 6.98. The first-order chi connectivity index (χ1) is 10.8. The molecule has 0 bridgehead atoms. The minimum atomic E-state index is -0.0637. The van der Waals surface area contributed by atoms with E-state index in [1.807, 2.05) is 37.4 Å². The summed E-state index contributed by atoms with van der Waals surface area (Å²) in [5.41, 5.74) is 3.22. The van der Waals surface area contributed by atoms with Crippen LogP contribution in [0.1, 0.15) is 16.1 Å². The molecule has 0 saturated carbocycles. The van der Waals surface area contributed by atoms with Gasteiger partial charge in [0, 0.05) is 30.4 Å². The number of hydrogen-bond donors (Lipinski definition) is 1. The average molecular weight is 289 g/mol. The van der Waals surface area contributed by atoms with Crippen molar-refractivity contribution in [3.63, 3.8) is 0 Å². The van der Waals surface area contributed by atoms with E-state index in [0.717, 1.165) is 22.3 Å². The SMILES string of the molecule is CNc1cccc2ccc(/C=C/C(=O)c3ccncc3)nc12. The number of fused-ring (bicyclic) bond motifs is 1. The summed E-state index contributed by atoms with van der Waals surface area (Å²) in [4.78, 5) is 20.6. The second-order valence-electron chi connectivity index (χ2n) is 4.80. The Morgan fingerprint density at radius 3 is 2.68 bits per heavy atom. The van der Waals surface area contributed by atoms with Crippen LogP contribution < -0.4 is 5.32 Å². The maximum atomic E-state index is 12.0. The highest BCUT2D eigenvalue weighted by atomic mass is 16.1. The molecule has 0 atom stereocenters. The molecule has 1 aromatic carbocycles. The smallest absolute Gasteiger partial charge is 0.186 e. The van der Waals surface area contributed by atoms with Crippen LogP contribution in [0.15, 0.2) is 60.9 Å². The fourth-order valence-corrected chi connectivity index (χ4v) is 2.23. The summed E-state index contributed by atoms with van der Waals surface area (Å²) in [5.74, 6) is -0.0637. The van der Waals surface area contributed by atoms with Gasteiger partial charge in [-0.3, -0.25) is 9.78 Å². The van der Waals surface area contributed by atoms with Crippen molar-refractivity contribution in [3.05, 3.63) is 72.2 Å². The van der Waals surface area contributed by atoms with Crippen LogP contribution in [0.5, 0.6) is 0 Å². The molecule has 0 aliphatic rings. The predicted octanol–water partition coefficient (Wildman–Crippen LogP) is 3.57. The molecule has 0 radical (unpaired) electrons. The molecule has 2 aromatic heterocycles. The van der Waals surface area contributed by atoms with Crippen molar-refractivity contribution >= 4 is 28.4 Å². The van der Waals surface area contributed by atoms with Crippen LogP contribution in [-0.4, -0.2) is 22.8 Å². The Bertz CT molecular complexity index is 841. The van der Waals surface area contributed by atoms with Gasteiger partial charge in [0.15, 0.2) is 5.78 Å². The second kappa shape index (κ2) is 6.18. The fraction of sp³-hybridized carbons (Fsp3) is 0.0556. The van der Waals surface area contributed by atoms with Crippen molar-refractivity contribution in [2.24, 2.45) is 0 Å². The Morgan fingerprint density at radius 1 is 1.09 bits per heavy atom. The molecular formula is C18H15N3O. The van der Waals surface area contributed by atoms with E-state index in [2.05, 4.69) is 15.3 Å². The molecule has 1 N–H and O–H groups in total. The third-order valence-electron chi connectivity index (χ3n) is 3.38. The molecule has 0 saturated heterocycles. The summed E-state index contributed by atoms with van der Waals surface area (Å²) in [7, 11) is 1.87. The molecule has 108 valence electrons. The van der Waals surface area contributed by atoms with E-state index in [1.165, 1.54) is 6.08 Å². The fourth-order valence-electron chi connectivity index (χ4n) is 2.23. The van der Waals surface area contributed by atoms with Gasteiger partial charge in [0.1, 0.15) is 0 Å². The normalized spacial score (nSPS) is 11.0. The van der Waals surface area contributed by atoms with Crippen molar-refractivity contribution in [1.29, 1.82) is 0 Å². The summed E-state index contributed by atoms with van der Waals surface area (Å²) < 4.78 is 0. The van der Waals surface area contributed by atoms with E-state index in [9.17, 15) is 4.79 Å². The zero-order chi connectivity index (χ0) is 15.4. The van der Waals surface area contributed by atoms with Gasteiger partial charge in [-0.25, -0.2) is 4.98 Å². The Labute approximate surface area is 128 Å². The Morgan fingerprint density at radius 2 is 1.91 bits per heavy atom. The van der Waals surface area contributed by atoms with Crippen LogP contribution in [-0.2, 0) is 0 Å². The molecule has 2 heterocycles. The molecule has 3 rings (SSSR count). The summed E-state index contributed by atoms with van der Waals surface area (Å²) in [6.45, 7) is 0. The first kappa shape index (κ1) is 13.9. The number of nitrogens with one attached hydrogen (secondary N) is 1. The van der Waals surface area contributed by atoms with Crippen molar-refractivity contribution < 1.29 is 4.79 Å². The number of allylic oxidation sites excluding steroid dienone is 1. The minimum Gasteiger partial charge on any atom is -0.386 e. The Kier molecular flexibility index (Phi) is 3.92. The van der Waals surface area contributed by atoms with Crippen LogP contribution in [0.2, 0.25) is 0 Å². The summed E-state index contributed by atoms with van der Waals surface area (Å²) in [6, 6.07) is 13.3. The number of carbonyl (C=O) groups is 1. The number of aromatic nitrogens is 2. The molecule has 0 unspecified atom stereocenters. The quantitative estimate of drug-likeness (QED) is 0.589. The van der Waals surface area contributed by atoms with Gasteiger partial charge in [0.05, 0.1) is 16.9 Å². The summed E-state index contributed by atoms with van der Waals surface area (Å²) in [5, 5.41) is 4.19. The number of ketones is 1. The van der Waals surface area contributed by atoms with Gasteiger partial charge in [-0.2, -0.15) is 0 Å². The zero-order valence-corrected chi connectivity index (χ0v) is 12.2. The lowest BCUT2D eigenvalue weighted by atomic mass is 10.1. The summed E-state index contributed by atoms with van der Waals surface area (Å²) in [6.07, 6.45) is 6.48. The molecule has 4 nitrogen and oxygen atoms in total. The van der Waals surface area contributed by atoms with Crippen molar-refractivity contribution in [2.75, 3.05) is 12.4 Å². The lowest BCUT2D eigenvalue weighted by Crippen LogP contribution is -1.95. The molecular weight excluding hydrogens is 274 g/mol. The van der Waals surface area contributed by atoms with Gasteiger partial charge in [0.2, 0.25) is 0 Å². The van der Waals surface area contributed by atoms with Crippen LogP contribution in [0.4, 0.5) is 5.69 Å². The maximum absolute atomic E-state index is 12.0. The molecule has 0 aliphatic heterocycles. The molecule has 0 spiro atoms. The number of rotatable bonds is 4. The van der Waals surface area contributed by atoms with Gasteiger partial charge in [-0.05, 0) is 36.4 Å². The molecule has 3 aromatic rings. The van der Waals surface area contributed by atoms with Crippen molar-refractivity contribution in [2.45, 2.75) is 0 Å². The van der Waals surface area contributed by atoms with Crippen LogP contribution in [0.25, 0.3) is 17.0 Å². The summed E-state index contributed by atoms with van der Waals surface area (Å²) >= 11 is 0. The number of benzene rings is 1. The highest BCUT2D eigenvalue weighted by molar-refractivity contribution is 6.06. The van der Waals surface area contributed by atoms with E-state index >= 15 is 0 Å². The highest BCUT2D eigenvalue weighted by Gasteiger charge is 2.03. The molecule has 0 amide bonds. The van der Waals surface area contributed by atoms with Crippen LogP contribution in [0.3, 0.4) is 0 Å². The van der Waals surface area contributed by atoms with Crippen LogP contribution in [0, 0.1) is 0 Å². The third-order valence-corrected chi connectivity index (χ3v) is 3.38. The predicted molar refractivity (Wildman–Crippen MR) is 88.9 cm³/mol. The Hall–Kier alpha value is -3.01. The van der Waals surface area contributed by atoms with Crippen molar-refractivity contribution in [3.8, 4) is 0 Å². The van der Waals surface area contributed by atoms with E-state index < -0.39 is 0 Å². The van der Waals surface area contributed by atoms with Crippen LogP contribution >= 0.6 is 0 Å². The number of anilines is 1. The van der Waals surface area contributed by atoms with Gasteiger partial charge in [0.25, 0.3) is 0 Å². The van der Waals surface area contributed by atoms with Gasteiger partial charge < -0.3 is 5.32 Å². The molecule has 0 aliphatic carbocycles. The monoisotopic (exact) mass is 289 g/mol. The number of para-hydroxylation sites is 1. The first-order valence-electron chi connectivity index (χ1n) is 6.98. The molecule has 0 fully saturated rings. The Balaban J connectivity index is 1.91. The lowest BCUT2D eigenvalue weighted by molar-refractivity contribution is 0.104. The van der Waals surface area contributed by atoms with Gasteiger partial charge in [-0.1, -0.05) is 18.2 Å². The van der Waals surface area contributed by atoms with E-state index in [-0.39, 0.29) is 5.78 Å².